The molecule has 0 atom stereocenters. The smallest absolute Gasteiger partial charge is 0.352 e. The Morgan fingerprint density at radius 1 is 0.619 bits per heavy atom. The van der Waals surface area contributed by atoms with Gasteiger partial charge in [-0.25, -0.2) is 0 Å². The highest BCUT2D eigenvalue weighted by Crippen LogP contribution is 2.12. The molecule has 2 heteroatoms. The largest absolute Gasteiger partial charge is 0.533 e. The molecule has 1 nitrogen and oxygen atoms in total. The molecule has 0 spiro atoms. The standard InChI is InChI=1S/C19H17OSi/c1-16-12-14-17(15-13-16)20-21(18-8-4-2-5-9-18)19-10-6-3-7-11-19/h2-15H,1H3. The van der Waals surface area contributed by atoms with Crippen molar-refractivity contribution in [1.82, 2.24) is 0 Å². The molecule has 0 saturated carbocycles. The Balaban J connectivity index is 1.95. The zero-order valence-electron chi connectivity index (χ0n) is 12.0. The second-order valence-corrected chi connectivity index (χ2v) is 6.99. The van der Waals surface area contributed by atoms with E-state index in [0.717, 1.165) is 5.75 Å². The Kier molecular flexibility index (Phi) is 4.17. The second-order valence-electron chi connectivity index (χ2n) is 4.98. The Labute approximate surface area is 127 Å². The molecule has 0 saturated heterocycles. The molecule has 0 heterocycles. The lowest BCUT2D eigenvalue weighted by Crippen LogP contribution is -2.47. The molecule has 0 N–H and O–H groups in total. The Morgan fingerprint density at radius 3 is 1.57 bits per heavy atom. The Morgan fingerprint density at radius 2 is 1.10 bits per heavy atom. The molecule has 0 aromatic heterocycles. The van der Waals surface area contributed by atoms with Gasteiger partial charge >= 0.3 is 9.04 Å². The number of hydrogen-bond acceptors (Lipinski definition) is 1. The summed E-state index contributed by atoms with van der Waals surface area (Å²) in [6.07, 6.45) is 0. The van der Waals surface area contributed by atoms with Gasteiger partial charge in [-0.3, -0.25) is 0 Å². The number of benzene rings is 3. The van der Waals surface area contributed by atoms with Crippen molar-refractivity contribution >= 4 is 19.4 Å². The summed E-state index contributed by atoms with van der Waals surface area (Å²) in [5.74, 6) is 0.933. The summed E-state index contributed by atoms with van der Waals surface area (Å²) in [5.41, 5.74) is 1.25. The van der Waals surface area contributed by atoms with E-state index in [9.17, 15) is 0 Å². The highest BCUT2D eigenvalue weighted by molar-refractivity contribution is 6.80. The van der Waals surface area contributed by atoms with Crippen molar-refractivity contribution in [2.75, 3.05) is 0 Å². The highest BCUT2D eigenvalue weighted by Gasteiger charge is 2.20. The molecule has 3 aromatic carbocycles. The zero-order valence-corrected chi connectivity index (χ0v) is 13.0. The normalized spacial score (nSPS) is 10.6. The minimum Gasteiger partial charge on any atom is -0.533 e. The quantitative estimate of drug-likeness (QED) is 0.670. The highest BCUT2D eigenvalue weighted by atomic mass is 28.3. The molecule has 3 aromatic rings. The molecule has 0 aliphatic rings. The fourth-order valence-corrected chi connectivity index (χ4v) is 4.12. The lowest BCUT2D eigenvalue weighted by molar-refractivity contribution is 0.591. The van der Waals surface area contributed by atoms with Gasteiger partial charge in [-0.2, -0.15) is 0 Å². The van der Waals surface area contributed by atoms with Crippen LogP contribution in [0.3, 0.4) is 0 Å². The monoisotopic (exact) mass is 289 g/mol. The SMILES string of the molecule is Cc1ccc(O[Si](c2ccccc2)c2ccccc2)cc1. The van der Waals surface area contributed by atoms with Gasteiger partial charge in [0, 0.05) is 0 Å². The van der Waals surface area contributed by atoms with Gasteiger partial charge in [-0.05, 0) is 29.4 Å². The fourth-order valence-electron chi connectivity index (χ4n) is 2.19. The average Bonchev–Trinajstić information content (AvgIpc) is 2.56. The maximum absolute atomic E-state index is 6.34. The van der Waals surface area contributed by atoms with E-state index in [1.54, 1.807) is 0 Å². The summed E-state index contributed by atoms with van der Waals surface area (Å²) in [5, 5.41) is 2.52. The number of rotatable bonds is 4. The van der Waals surface area contributed by atoms with Crippen LogP contribution in [0.25, 0.3) is 0 Å². The summed E-state index contributed by atoms with van der Waals surface area (Å²) in [6.45, 7) is 2.09. The molecule has 21 heavy (non-hydrogen) atoms. The summed E-state index contributed by atoms with van der Waals surface area (Å²) in [6, 6.07) is 29.2. The van der Waals surface area contributed by atoms with E-state index in [1.807, 2.05) is 24.3 Å². The molecule has 1 radical (unpaired) electrons. The van der Waals surface area contributed by atoms with E-state index in [1.165, 1.54) is 15.9 Å². The van der Waals surface area contributed by atoms with Crippen molar-refractivity contribution in [2.45, 2.75) is 6.92 Å². The second kappa shape index (κ2) is 6.42. The third kappa shape index (κ3) is 3.41. The van der Waals surface area contributed by atoms with Crippen LogP contribution in [0.2, 0.25) is 0 Å². The van der Waals surface area contributed by atoms with Crippen molar-refractivity contribution < 1.29 is 4.43 Å². The third-order valence-electron chi connectivity index (χ3n) is 3.31. The van der Waals surface area contributed by atoms with Crippen molar-refractivity contribution in [3.8, 4) is 5.75 Å². The van der Waals surface area contributed by atoms with Gasteiger partial charge in [0.25, 0.3) is 0 Å². The Bertz CT molecular complexity index is 638. The number of hydrogen-bond donors (Lipinski definition) is 0. The van der Waals surface area contributed by atoms with Crippen LogP contribution in [0.1, 0.15) is 5.56 Å². The van der Waals surface area contributed by atoms with Crippen molar-refractivity contribution in [3.05, 3.63) is 90.5 Å². The molecule has 0 bridgehead atoms. The molecule has 0 aliphatic heterocycles. The van der Waals surface area contributed by atoms with Crippen LogP contribution in [0, 0.1) is 6.92 Å². The topological polar surface area (TPSA) is 9.23 Å². The minimum absolute atomic E-state index is 0.933. The first-order valence-electron chi connectivity index (χ1n) is 7.05. The van der Waals surface area contributed by atoms with Gasteiger partial charge < -0.3 is 4.43 Å². The predicted octanol–water partition coefficient (Wildman–Crippen LogP) is 3.18. The molecule has 0 unspecified atom stereocenters. The summed E-state index contributed by atoms with van der Waals surface area (Å²) < 4.78 is 6.34. The maximum atomic E-state index is 6.34. The number of aryl methyl sites for hydroxylation is 1. The molecular weight excluding hydrogens is 272 g/mol. The van der Waals surface area contributed by atoms with E-state index in [4.69, 9.17) is 4.43 Å². The average molecular weight is 289 g/mol. The van der Waals surface area contributed by atoms with Crippen molar-refractivity contribution in [1.29, 1.82) is 0 Å². The molecule has 3 rings (SSSR count). The first-order chi connectivity index (χ1) is 10.3. The van der Waals surface area contributed by atoms with E-state index in [2.05, 4.69) is 67.6 Å². The Hall–Kier alpha value is -2.32. The first kappa shape index (κ1) is 13.7. The molecule has 0 aliphatic carbocycles. The van der Waals surface area contributed by atoms with Crippen molar-refractivity contribution in [2.24, 2.45) is 0 Å². The van der Waals surface area contributed by atoms with Crippen LogP contribution in [-0.2, 0) is 0 Å². The summed E-state index contributed by atoms with van der Waals surface area (Å²) >= 11 is 0. The lowest BCUT2D eigenvalue weighted by atomic mass is 10.2. The van der Waals surface area contributed by atoms with Crippen LogP contribution in [0.15, 0.2) is 84.9 Å². The van der Waals surface area contributed by atoms with Crippen LogP contribution in [-0.4, -0.2) is 9.04 Å². The van der Waals surface area contributed by atoms with Gasteiger partial charge in [-0.15, -0.1) is 0 Å². The van der Waals surface area contributed by atoms with E-state index in [0.29, 0.717) is 0 Å². The van der Waals surface area contributed by atoms with Crippen LogP contribution in [0.5, 0.6) is 5.75 Å². The molecule has 0 fully saturated rings. The van der Waals surface area contributed by atoms with Crippen LogP contribution >= 0.6 is 0 Å². The summed E-state index contributed by atoms with van der Waals surface area (Å²) in [7, 11) is -1.26. The van der Waals surface area contributed by atoms with Gasteiger partial charge in [0.2, 0.25) is 0 Å². The lowest BCUT2D eigenvalue weighted by Gasteiger charge is -2.17. The van der Waals surface area contributed by atoms with Gasteiger partial charge in [-0.1, -0.05) is 78.4 Å². The fraction of sp³-hybridized carbons (Fsp3) is 0.0526. The molecule has 103 valence electrons. The van der Waals surface area contributed by atoms with Gasteiger partial charge in [0.1, 0.15) is 5.75 Å². The maximum Gasteiger partial charge on any atom is 0.352 e. The summed E-state index contributed by atoms with van der Waals surface area (Å²) in [4.78, 5) is 0. The first-order valence-corrected chi connectivity index (χ1v) is 8.46. The van der Waals surface area contributed by atoms with E-state index < -0.39 is 9.04 Å². The predicted molar refractivity (Wildman–Crippen MR) is 89.7 cm³/mol. The van der Waals surface area contributed by atoms with E-state index in [-0.39, 0.29) is 0 Å². The minimum atomic E-state index is -1.26. The van der Waals surface area contributed by atoms with Crippen molar-refractivity contribution in [3.63, 3.8) is 0 Å². The third-order valence-corrected chi connectivity index (χ3v) is 5.47. The van der Waals surface area contributed by atoms with Crippen LogP contribution in [0.4, 0.5) is 0 Å². The van der Waals surface area contributed by atoms with E-state index >= 15 is 0 Å². The molecular formula is C19H17OSi. The zero-order chi connectivity index (χ0) is 14.5. The molecule has 0 amide bonds. The van der Waals surface area contributed by atoms with Crippen LogP contribution < -0.4 is 14.8 Å². The van der Waals surface area contributed by atoms with Gasteiger partial charge in [0.15, 0.2) is 0 Å². The van der Waals surface area contributed by atoms with Gasteiger partial charge in [0.05, 0.1) is 0 Å².